The van der Waals surface area contributed by atoms with Crippen LogP contribution >= 0.6 is 11.8 Å². The van der Waals surface area contributed by atoms with E-state index >= 15 is 0 Å². The molecule has 0 amide bonds. The summed E-state index contributed by atoms with van der Waals surface area (Å²) in [6.07, 6.45) is 4.53. The number of hydrogen-bond donors (Lipinski definition) is 1. The molecule has 0 saturated heterocycles. The number of aryl methyl sites for hydroxylation is 1. The van der Waals surface area contributed by atoms with E-state index in [9.17, 15) is 0 Å². The number of benzene rings is 1. The predicted molar refractivity (Wildman–Crippen MR) is 75.3 cm³/mol. The Bertz CT molecular complexity index is 299. The SMILES string of the molecule is CCCNC(CSC)Cc1ccccc1C. The summed E-state index contributed by atoms with van der Waals surface area (Å²) >= 11 is 1.92. The maximum atomic E-state index is 3.63. The van der Waals surface area contributed by atoms with Crippen LogP contribution < -0.4 is 5.32 Å². The third kappa shape index (κ3) is 4.58. The molecule has 1 unspecified atom stereocenters. The van der Waals surface area contributed by atoms with Gasteiger partial charge in [-0.25, -0.2) is 0 Å². The van der Waals surface area contributed by atoms with Crippen LogP contribution in [0.2, 0.25) is 0 Å². The summed E-state index contributed by atoms with van der Waals surface area (Å²) in [5, 5.41) is 3.63. The third-order valence-electron chi connectivity index (χ3n) is 2.78. The van der Waals surface area contributed by atoms with Gasteiger partial charge in [0.25, 0.3) is 0 Å². The molecule has 0 saturated carbocycles. The molecule has 1 rings (SSSR count). The van der Waals surface area contributed by atoms with E-state index < -0.39 is 0 Å². The molecule has 0 heterocycles. The first-order valence-electron chi connectivity index (χ1n) is 6.04. The van der Waals surface area contributed by atoms with Gasteiger partial charge in [-0.05, 0) is 43.7 Å². The summed E-state index contributed by atoms with van der Waals surface area (Å²) in [5.74, 6) is 1.19. The molecule has 16 heavy (non-hydrogen) atoms. The highest BCUT2D eigenvalue weighted by atomic mass is 32.2. The van der Waals surface area contributed by atoms with Gasteiger partial charge >= 0.3 is 0 Å². The van der Waals surface area contributed by atoms with E-state index in [2.05, 4.69) is 49.7 Å². The minimum atomic E-state index is 0.607. The molecule has 0 spiro atoms. The molecule has 1 N–H and O–H groups in total. The fourth-order valence-electron chi connectivity index (χ4n) is 1.84. The normalized spacial score (nSPS) is 12.7. The summed E-state index contributed by atoms with van der Waals surface area (Å²) in [5.41, 5.74) is 2.89. The molecular formula is C14H23NS. The van der Waals surface area contributed by atoms with E-state index in [0.717, 1.165) is 13.0 Å². The quantitative estimate of drug-likeness (QED) is 0.781. The van der Waals surface area contributed by atoms with Crippen molar-refractivity contribution in [2.45, 2.75) is 32.7 Å². The summed E-state index contributed by atoms with van der Waals surface area (Å²) in [6.45, 7) is 5.54. The molecular weight excluding hydrogens is 214 g/mol. The maximum absolute atomic E-state index is 3.63. The van der Waals surface area contributed by atoms with Crippen molar-refractivity contribution >= 4 is 11.8 Å². The summed E-state index contributed by atoms with van der Waals surface area (Å²) in [4.78, 5) is 0. The lowest BCUT2D eigenvalue weighted by atomic mass is 10.0. The van der Waals surface area contributed by atoms with Crippen LogP contribution in [-0.2, 0) is 6.42 Å². The van der Waals surface area contributed by atoms with E-state index in [1.54, 1.807) is 0 Å². The minimum absolute atomic E-state index is 0.607. The molecule has 1 atom stereocenters. The van der Waals surface area contributed by atoms with Crippen molar-refractivity contribution in [1.82, 2.24) is 5.32 Å². The molecule has 0 aliphatic heterocycles. The first-order chi connectivity index (χ1) is 7.77. The zero-order chi connectivity index (χ0) is 11.8. The van der Waals surface area contributed by atoms with Gasteiger partial charge in [0.15, 0.2) is 0 Å². The summed E-state index contributed by atoms with van der Waals surface area (Å²) in [6, 6.07) is 9.30. The Kier molecular flexibility index (Phi) is 6.58. The van der Waals surface area contributed by atoms with Crippen LogP contribution in [0.1, 0.15) is 24.5 Å². The van der Waals surface area contributed by atoms with E-state index in [0.29, 0.717) is 6.04 Å². The number of nitrogens with one attached hydrogen (secondary N) is 1. The lowest BCUT2D eigenvalue weighted by Gasteiger charge is -2.18. The standard InChI is InChI=1S/C14H23NS/c1-4-9-15-14(11-16-3)10-13-8-6-5-7-12(13)2/h5-8,14-15H,4,9-11H2,1-3H3. The molecule has 0 aliphatic carbocycles. The van der Waals surface area contributed by atoms with Crippen molar-refractivity contribution < 1.29 is 0 Å². The second-order valence-electron chi connectivity index (χ2n) is 4.24. The van der Waals surface area contributed by atoms with Crippen LogP contribution in [-0.4, -0.2) is 24.6 Å². The van der Waals surface area contributed by atoms with Crippen molar-refractivity contribution in [2.24, 2.45) is 0 Å². The highest BCUT2D eigenvalue weighted by molar-refractivity contribution is 7.98. The van der Waals surface area contributed by atoms with Crippen LogP contribution in [0.4, 0.5) is 0 Å². The van der Waals surface area contributed by atoms with Crippen LogP contribution in [0.5, 0.6) is 0 Å². The molecule has 1 nitrogen and oxygen atoms in total. The monoisotopic (exact) mass is 237 g/mol. The molecule has 0 fully saturated rings. The van der Waals surface area contributed by atoms with Gasteiger partial charge in [0.1, 0.15) is 0 Å². The smallest absolute Gasteiger partial charge is 0.0198 e. The van der Waals surface area contributed by atoms with Crippen LogP contribution in [0.3, 0.4) is 0 Å². The Hall–Kier alpha value is -0.470. The molecule has 0 radical (unpaired) electrons. The van der Waals surface area contributed by atoms with Crippen molar-refractivity contribution in [1.29, 1.82) is 0 Å². The van der Waals surface area contributed by atoms with Crippen molar-refractivity contribution in [3.63, 3.8) is 0 Å². The van der Waals surface area contributed by atoms with Gasteiger partial charge in [0, 0.05) is 11.8 Å². The van der Waals surface area contributed by atoms with E-state index in [4.69, 9.17) is 0 Å². The van der Waals surface area contributed by atoms with Crippen molar-refractivity contribution in [3.8, 4) is 0 Å². The van der Waals surface area contributed by atoms with Gasteiger partial charge in [-0.1, -0.05) is 31.2 Å². The van der Waals surface area contributed by atoms with Crippen LogP contribution in [0.25, 0.3) is 0 Å². The lowest BCUT2D eigenvalue weighted by molar-refractivity contribution is 0.549. The molecule has 1 aromatic rings. The van der Waals surface area contributed by atoms with E-state index in [1.807, 2.05) is 11.8 Å². The predicted octanol–water partition coefficient (Wildman–Crippen LogP) is 3.27. The zero-order valence-corrected chi connectivity index (χ0v) is 11.4. The van der Waals surface area contributed by atoms with E-state index in [1.165, 1.54) is 23.3 Å². The second-order valence-corrected chi connectivity index (χ2v) is 5.15. The fraction of sp³-hybridized carbons (Fsp3) is 0.571. The van der Waals surface area contributed by atoms with Crippen molar-refractivity contribution in [2.75, 3.05) is 18.6 Å². The Morgan fingerprint density at radius 3 is 2.69 bits per heavy atom. The summed E-state index contributed by atoms with van der Waals surface area (Å²) in [7, 11) is 0. The highest BCUT2D eigenvalue weighted by Crippen LogP contribution is 2.11. The number of hydrogen-bond acceptors (Lipinski definition) is 2. The highest BCUT2D eigenvalue weighted by Gasteiger charge is 2.09. The van der Waals surface area contributed by atoms with Gasteiger partial charge in [-0.15, -0.1) is 0 Å². The first kappa shape index (κ1) is 13.6. The Morgan fingerprint density at radius 1 is 1.31 bits per heavy atom. The topological polar surface area (TPSA) is 12.0 Å². The minimum Gasteiger partial charge on any atom is -0.313 e. The average molecular weight is 237 g/mol. The Balaban J connectivity index is 2.56. The fourth-order valence-corrected chi connectivity index (χ4v) is 2.48. The lowest BCUT2D eigenvalue weighted by Crippen LogP contribution is -2.34. The Morgan fingerprint density at radius 2 is 2.06 bits per heavy atom. The van der Waals surface area contributed by atoms with Crippen molar-refractivity contribution in [3.05, 3.63) is 35.4 Å². The molecule has 90 valence electrons. The molecule has 0 aromatic heterocycles. The van der Waals surface area contributed by atoms with Gasteiger partial charge in [0.2, 0.25) is 0 Å². The van der Waals surface area contributed by atoms with Gasteiger partial charge in [-0.3, -0.25) is 0 Å². The number of rotatable bonds is 7. The second kappa shape index (κ2) is 7.75. The Labute approximate surface area is 104 Å². The molecule has 0 bridgehead atoms. The first-order valence-corrected chi connectivity index (χ1v) is 7.44. The zero-order valence-electron chi connectivity index (χ0n) is 10.6. The number of thioether (sulfide) groups is 1. The molecule has 2 heteroatoms. The van der Waals surface area contributed by atoms with Crippen LogP contribution in [0, 0.1) is 6.92 Å². The van der Waals surface area contributed by atoms with Gasteiger partial charge in [-0.2, -0.15) is 11.8 Å². The van der Waals surface area contributed by atoms with E-state index in [-0.39, 0.29) is 0 Å². The largest absolute Gasteiger partial charge is 0.313 e. The molecule has 0 aliphatic rings. The van der Waals surface area contributed by atoms with Gasteiger partial charge < -0.3 is 5.32 Å². The maximum Gasteiger partial charge on any atom is 0.0198 e. The average Bonchev–Trinajstić information content (AvgIpc) is 2.29. The third-order valence-corrected chi connectivity index (χ3v) is 3.51. The van der Waals surface area contributed by atoms with Crippen LogP contribution in [0.15, 0.2) is 24.3 Å². The molecule has 1 aromatic carbocycles. The van der Waals surface area contributed by atoms with Gasteiger partial charge in [0.05, 0.1) is 0 Å². The summed E-state index contributed by atoms with van der Waals surface area (Å²) < 4.78 is 0.